The number of carbonyl (C=O) groups excluding carboxylic acids is 3. The van der Waals surface area contributed by atoms with Crippen LogP contribution in [0.25, 0.3) is 0 Å². The van der Waals surface area contributed by atoms with Crippen LogP contribution < -0.4 is 0 Å². The first kappa shape index (κ1) is 66.8. The molecule has 0 aliphatic heterocycles. The molecule has 0 saturated heterocycles. The van der Waals surface area contributed by atoms with Gasteiger partial charge in [-0.2, -0.15) is 0 Å². The van der Waals surface area contributed by atoms with Crippen LogP contribution in [-0.2, 0) is 28.6 Å². The lowest BCUT2D eigenvalue weighted by Crippen LogP contribution is -2.30. The molecule has 0 fully saturated rings. The van der Waals surface area contributed by atoms with Crippen molar-refractivity contribution in [1.29, 1.82) is 0 Å². The first-order valence-corrected chi connectivity index (χ1v) is 29.0. The van der Waals surface area contributed by atoms with Gasteiger partial charge in [0.1, 0.15) is 13.2 Å². The Balaban J connectivity index is 4.49. The summed E-state index contributed by atoms with van der Waals surface area (Å²) in [5.74, 6) is -0.999. The fourth-order valence-corrected chi connectivity index (χ4v) is 7.68. The first-order chi connectivity index (χ1) is 35.0. The van der Waals surface area contributed by atoms with Gasteiger partial charge in [0.05, 0.1) is 0 Å². The summed E-state index contributed by atoms with van der Waals surface area (Å²) in [5.41, 5.74) is 0. The molecule has 0 heterocycles. The van der Waals surface area contributed by atoms with Gasteiger partial charge in [0.2, 0.25) is 0 Å². The maximum atomic E-state index is 12.9. The second-order valence-electron chi connectivity index (χ2n) is 18.8. The molecule has 0 aliphatic carbocycles. The lowest BCUT2D eigenvalue weighted by molar-refractivity contribution is -0.167. The monoisotopic (exact) mass is 983 g/mol. The standard InChI is InChI=1S/C65H106O6/c1-4-7-10-13-16-19-22-25-27-29-30-31-32-33-34-36-37-40-43-46-49-52-55-58-64(67)70-61-62(60-69-63(66)57-54-51-48-45-42-39-24-21-18-15-12-9-6-3)71-65(68)59-56-53-50-47-44-41-38-35-28-26-23-20-17-14-11-8-5-2/h7,9-10,12,16,18-19,21,25,27,30-31,33-34,37,39-40,42,46,49,62H,4-6,8,11,13-15,17,20,22-24,26,28-29,32,35-36,38,41,43-45,47-48,50-61H2,1-3H3/b10-7-,12-9-,19-16-,21-18-,27-25-,31-30-,34-33-,40-37-,42-39-,49-46-. The molecule has 402 valence electrons. The van der Waals surface area contributed by atoms with E-state index in [1.54, 1.807) is 0 Å². The Morgan fingerprint density at radius 3 is 0.915 bits per heavy atom. The highest BCUT2D eigenvalue weighted by atomic mass is 16.6. The topological polar surface area (TPSA) is 78.9 Å². The van der Waals surface area contributed by atoms with Gasteiger partial charge in [-0.25, -0.2) is 0 Å². The lowest BCUT2D eigenvalue weighted by atomic mass is 10.0. The van der Waals surface area contributed by atoms with Gasteiger partial charge in [0.15, 0.2) is 6.10 Å². The molecule has 71 heavy (non-hydrogen) atoms. The molecule has 0 aromatic carbocycles. The van der Waals surface area contributed by atoms with Crippen molar-refractivity contribution in [3.63, 3.8) is 0 Å². The van der Waals surface area contributed by atoms with Crippen molar-refractivity contribution < 1.29 is 28.6 Å². The summed E-state index contributed by atoms with van der Waals surface area (Å²) in [5, 5.41) is 0. The third kappa shape index (κ3) is 56.6. The maximum Gasteiger partial charge on any atom is 0.306 e. The van der Waals surface area contributed by atoms with Crippen LogP contribution in [0.2, 0.25) is 0 Å². The van der Waals surface area contributed by atoms with Crippen molar-refractivity contribution in [2.24, 2.45) is 0 Å². The molecule has 0 rings (SSSR count). The smallest absolute Gasteiger partial charge is 0.306 e. The van der Waals surface area contributed by atoms with E-state index >= 15 is 0 Å². The molecule has 0 aliphatic rings. The highest BCUT2D eigenvalue weighted by Crippen LogP contribution is 2.15. The quantitative estimate of drug-likeness (QED) is 0.0261. The lowest BCUT2D eigenvalue weighted by Gasteiger charge is -2.18. The van der Waals surface area contributed by atoms with Gasteiger partial charge in [-0.05, 0) is 103 Å². The van der Waals surface area contributed by atoms with Crippen molar-refractivity contribution in [3.05, 3.63) is 122 Å². The number of hydrogen-bond acceptors (Lipinski definition) is 6. The van der Waals surface area contributed by atoms with Crippen LogP contribution in [0, 0.1) is 0 Å². The molecule has 0 spiro atoms. The van der Waals surface area contributed by atoms with Crippen LogP contribution in [0.3, 0.4) is 0 Å². The van der Waals surface area contributed by atoms with Crippen LogP contribution in [0.5, 0.6) is 0 Å². The Morgan fingerprint density at radius 2 is 0.563 bits per heavy atom. The predicted molar refractivity (Wildman–Crippen MR) is 306 cm³/mol. The van der Waals surface area contributed by atoms with Crippen molar-refractivity contribution in [2.45, 2.75) is 258 Å². The Hall–Kier alpha value is -4.19. The Morgan fingerprint density at radius 1 is 0.296 bits per heavy atom. The van der Waals surface area contributed by atoms with E-state index in [4.69, 9.17) is 14.2 Å². The minimum absolute atomic E-state index is 0.112. The van der Waals surface area contributed by atoms with E-state index < -0.39 is 6.10 Å². The molecule has 0 bridgehead atoms. The summed E-state index contributed by atoms with van der Waals surface area (Å²) in [6.45, 7) is 6.34. The van der Waals surface area contributed by atoms with Crippen molar-refractivity contribution in [3.8, 4) is 0 Å². The average Bonchev–Trinajstić information content (AvgIpc) is 3.37. The van der Waals surface area contributed by atoms with Crippen molar-refractivity contribution in [2.75, 3.05) is 13.2 Å². The van der Waals surface area contributed by atoms with Crippen LogP contribution in [0.1, 0.15) is 252 Å². The predicted octanol–water partition coefficient (Wildman–Crippen LogP) is 19.6. The van der Waals surface area contributed by atoms with E-state index in [9.17, 15) is 14.4 Å². The zero-order valence-corrected chi connectivity index (χ0v) is 45.9. The number of allylic oxidation sites excluding steroid dienone is 20. The normalized spacial score (nSPS) is 13.0. The van der Waals surface area contributed by atoms with Crippen LogP contribution >= 0.6 is 0 Å². The first-order valence-electron chi connectivity index (χ1n) is 29.0. The molecular weight excluding hydrogens is 877 g/mol. The minimum Gasteiger partial charge on any atom is -0.462 e. The van der Waals surface area contributed by atoms with E-state index in [2.05, 4.69) is 142 Å². The van der Waals surface area contributed by atoms with E-state index in [1.807, 2.05) is 0 Å². The molecule has 0 radical (unpaired) electrons. The van der Waals surface area contributed by atoms with Gasteiger partial charge in [-0.15, -0.1) is 0 Å². The third-order valence-corrected chi connectivity index (χ3v) is 12.0. The zero-order valence-electron chi connectivity index (χ0n) is 45.9. The molecule has 1 atom stereocenters. The molecular formula is C65H106O6. The van der Waals surface area contributed by atoms with E-state index in [-0.39, 0.29) is 37.5 Å². The molecule has 0 aromatic heterocycles. The molecule has 0 N–H and O–H groups in total. The molecule has 0 amide bonds. The highest BCUT2D eigenvalue weighted by Gasteiger charge is 2.19. The summed E-state index contributed by atoms with van der Waals surface area (Å²) < 4.78 is 16.8. The van der Waals surface area contributed by atoms with Gasteiger partial charge < -0.3 is 14.2 Å². The number of carbonyl (C=O) groups is 3. The third-order valence-electron chi connectivity index (χ3n) is 12.0. The molecule has 6 nitrogen and oxygen atoms in total. The van der Waals surface area contributed by atoms with Crippen LogP contribution in [0.4, 0.5) is 0 Å². The summed E-state index contributed by atoms with van der Waals surface area (Å²) in [4.78, 5) is 38.1. The molecule has 1 unspecified atom stereocenters. The van der Waals surface area contributed by atoms with Gasteiger partial charge >= 0.3 is 17.9 Å². The zero-order chi connectivity index (χ0) is 51.4. The van der Waals surface area contributed by atoms with Gasteiger partial charge in [-0.3, -0.25) is 14.4 Å². The Labute approximate surface area is 437 Å². The largest absolute Gasteiger partial charge is 0.462 e. The molecule has 0 aromatic rings. The van der Waals surface area contributed by atoms with Crippen LogP contribution in [-0.4, -0.2) is 37.2 Å². The number of esters is 3. The summed E-state index contributed by atoms with van der Waals surface area (Å²) in [6, 6.07) is 0. The Bertz CT molecular complexity index is 1500. The average molecular weight is 984 g/mol. The summed E-state index contributed by atoms with van der Waals surface area (Å²) >= 11 is 0. The summed E-state index contributed by atoms with van der Waals surface area (Å²) in [6.07, 6.45) is 80.6. The van der Waals surface area contributed by atoms with Crippen molar-refractivity contribution >= 4 is 17.9 Å². The SMILES string of the molecule is CC/C=C\C/C=C\C/C=C\C/C=C\C/C=C\C/C=C\C/C=C\CCCC(=O)OCC(COC(=O)CCCCC/C=C\C/C=C\C/C=C\CC)OC(=O)CCCCCCCCCCCCCCCCCCC. The molecule has 6 heteroatoms. The number of unbranched alkanes of at least 4 members (excludes halogenated alkanes) is 20. The maximum absolute atomic E-state index is 12.9. The number of rotatable bonds is 51. The van der Waals surface area contributed by atoms with E-state index in [0.717, 1.165) is 116 Å². The van der Waals surface area contributed by atoms with E-state index in [0.29, 0.717) is 19.3 Å². The van der Waals surface area contributed by atoms with Gasteiger partial charge in [0, 0.05) is 19.3 Å². The minimum atomic E-state index is -0.815. The van der Waals surface area contributed by atoms with E-state index in [1.165, 1.54) is 89.9 Å². The van der Waals surface area contributed by atoms with Gasteiger partial charge in [0.25, 0.3) is 0 Å². The highest BCUT2D eigenvalue weighted by molar-refractivity contribution is 5.71. The number of hydrogen-bond donors (Lipinski definition) is 0. The summed E-state index contributed by atoms with van der Waals surface area (Å²) in [7, 11) is 0. The van der Waals surface area contributed by atoms with Crippen molar-refractivity contribution in [1.82, 2.24) is 0 Å². The van der Waals surface area contributed by atoms with Crippen LogP contribution in [0.15, 0.2) is 122 Å². The fraction of sp³-hybridized carbons (Fsp3) is 0.646. The van der Waals surface area contributed by atoms with Gasteiger partial charge in [-0.1, -0.05) is 251 Å². The number of ether oxygens (including phenoxy) is 3. The second-order valence-corrected chi connectivity index (χ2v) is 18.8. The molecule has 0 saturated carbocycles. The second kappa shape index (κ2) is 58.4. The Kier molecular flexibility index (Phi) is 54.9. The fourth-order valence-electron chi connectivity index (χ4n) is 7.68.